The molecule has 0 aromatic heterocycles. The van der Waals surface area contributed by atoms with Gasteiger partial charge in [0, 0.05) is 59.1 Å². The van der Waals surface area contributed by atoms with E-state index in [4.69, 9.17) is 4.74 Å². The molecule has 0 aliphatic carbocycles. The topological polar surface area (TPSA) is 52.1 Å². The normalized spacial score (nSPS) is 15.9. The molecule has 2 rings (SSSR count). The summed E-state index contributed by atoms with van der Waals surface area (Å²) < 4.78 is 5.67. The molecular weight excluding hydrogens is 477 g/mol. The van der Waals surface area contributed by atoms with Gasteiger partial charge in [0.25, 0.3) is 0 Å². The molecule has 0 saturated carbocycles. The molecule has 2 N–H and O–H groups in total. The number of hydrogen-bond donors (Lipinski definition) is 2. The predicted octanol–water partition coefficient (Wildman–Crippen LogP) is 3.23. The van der Waals surface area contributed by atoms with Crippen molar-refractivity contribution in [1.82, 2.24) is 15.5 Å². The molecule has 1 aliphatic rings. The summed E-state index contributed by atoms with van der Waals surface area (Å²) in [5, 5.41) is 7.06. The minimum Gasteiger partial charge on any atom is -0.378 e. The Morgan fingerprint density at radius 2 is 1.97 bits per heavy atom. The summed E-state index contributed by atoms with van der Waals surface area (Å²) in [5.41, 5.74) is 3.83. The fourth-order valence-electron chi connectivity index (χ4n) is 3.44. The van der Waals surface area contributed by atoms with Gasteiger partial charge in [-0.3, -0.25) is 4.99 Å². The quantitative estimate of drug-likeness (QED) is 0.315. The second-order valence-electron chi connectivity index (χ2n) is 8.11. The lowest BCUT2D eigenvalue weighted by molar-refractivity contribution is 0.0532. The number of piperidine rings is 1. The Balaban J connectivity index is 0.00000420. The summed E-state index contributed by atoms with van der Waals surface area (Å²) in [4.78, 5) is 9.04. The van der Waals surface area contributed by atoms with Crippen molar-refractivity contribution in [3.05, 3.63) is 29.3 Å². The number of ether oxygens (including phenoxy) is 1. The van der Waals surface area contributed by atoms with E-state index < -0.39 is 0 Å². The Bertz CT molecular complexity index is 628. The van der Waals surface area contributed by atoms with Gasteiger partial charge < -0.3 is 25.2 Å². The fraction of sp³-hybridized carbons (Fsp3) is 0.682. The number of nitrogens with zero attached hydrogens (tertiary/aromatic N) is 3. The summed E-state index contributed by atoms with van der Waals surface area (Å²) in [6, 6.07) is 7.07. The third kappa shape index (κ3) is 9.09. The minimum absolute atomic E-state index is 0. The Kier molecular flexibility index (Phi) is 11.9. The summed E-state index contributed by atoms with van der Waals surface area (Å²) >= 11 is 0. The lowest BCUT2D eigenvalue weighted by Crippen LogP contribution is -2.49. The van der Waals surface area contributed by atoms with E-state index in [0.717, 1.165) is 51.6 Å². The van der Waals surface area contributed by atoms with Crippen LogP contribution < -0.4 is 15.5 Å². The van der Waals surface area contributed by atoms with Gasteiger partial charge in [0.2, 0.25) is 0 Å². The van der Waals surface area contributed by atoms with Gasteiger partial charge >= 0.3 is 0 Å². The minimum atomic E-state index is 0. The highest BCUT2D eigenvalue weighted by atomic mass is 127. The summed E-state index contributed by atoms with van der Waals surface area (Å²) in [7, 11) is 5.98. The molecule has 1 fully saturated rings. The molecule has 0 atom stereocenters. The number of rotatable bonds is 8. The van der Waals surface area contributed by atoms with Crippen LogP contribution in [0.25, 0.3) is 0 Å². The molecule has 0 bridgehead atoms. The maximum absolute atomic E-state index is 5.67. The smallest absolute Gasteiger partial charge is 0.191 e. The van der Waals surface area contributed by atoms with E-state index in [1.165, 1.54) is 16.8 Å². The fourth-order valence-corrected chi connectivity index (χ4v) is 3.44. The van der Waals surface area contributed by atoms with Crippen LogP contribution in [-0.4, -0.2) is 70.4 Å². The maximum Gasteiger partial charge on any atom is 0.191 e. The molecular formula is C22H40IN5O. The zero-order valence-corrected chi connectivity index (χ0v) is 21.3. The Morgan fingerprint density at radius 3 is 2.52 bits per heavy atom. The van der Waals surface area contributed by atoms with Crippen molar-refractivity contribution in [2.45, 2.75) is 52.3 Å². The second kappa shape index (κ2) is 13.3. The molecule has 0 spiro atoms. The first-order valence-corrected chi connectivity index (χ1v) is 10.5. The van der Waals surface area contributed by atoms with E-state index in [-0.39, 0.29) is 24.0 Å². The van der Waals surface area contributed by atoms with Crippen molar-refractivity contribution in [1.29, 1.82) is 0 Å². The number of aliphatic imine (C=N–C) groups is 1. The molecule has 0 unspecified atom stereocenters. The highest BCUT2D eigenvalue weighted by Gasteiger charge is 2.19. The third-order valence-electron chi connectivity index (χ3n) is 5.30. The van der Waals surface area contributed by atoms with Crippen molar-refractivity contribution >= 4 is 35.6 Å². The molecule has 1 aromatic carbocycles. The van der Waals surface area contributed by atoms with E-state index in [0.29, 0.717) is 12.1 Å². The van der Waals surface area contributed by atoms with Crippen molar-refractivity contribution < 1.29 is 4.74 Å². The third-order valence-corrected chi connectivity index (χ3v) is 5.30. The molecule has 6 nitrogen and oxygen atoms in total. The van der Waals surface area contributed by atoms with E-state index >= 15 is 0 Å². The highest BCUT2D eigenvalue weighted by Crippen LogP contribution is 2.17. The van der Waals surface area contributed by atoms with Crippen molar-refractivity contribution in [3.63, 3.8) is 0 Å². The van der Waals surface area contributed by atoms with E-state index in [2.05, 4.69) is 78.5 Å². The molecule has 1 heterocycles. The number of nitrogens with one attached hydrogen (secondary N) is 2. The number of halogens is 1. The monoisotopic (exact) mass is 517 g/mol. The molecule has 166 valence electrons. The van der Waals surface area contributed by atoms with Crippen molar-refractivity contribution in [2.24, 2.45) is 4.99 Å². The van der Waals surface area contributed by atoms with Crippen LogP contribution >= 0.6 is 24.0 Å². The average Bonchev–Trinajstić information content (AvgIpc) is 2.66. The first kappa shape index (κ1) is 26.0. The van der Waals surface area contributed by atoms with Crippen LogP contribution in [0.15, 0.2) is 23.2 Å². The van der Waals surface area contributed by atoms with Crippen molar-refractivity contribution in [2.75, 3.05) is 52.3 Å². The van der Waals surface area contributed by atoms with Crippen LogP contribution in [0.1, 0.15) is 37.8 Å². The summed E-state index contributed by atoms with van der Waals surface area (Å²) in [5.74, 6) is 0.887. The van der Waals surface area contributed by atoms with Crippen LogP contribution in [0.3, 0.4) is 0 Å². The number of likely N-dealkylation sites (tertiary alicyclic amines) is 1. The molecule has 1 aliphatic heterocycles. The number of aryl methyl sites for hydroxylation is 1. The van der Waals surface area contributed by atoms with E-state index in [9.17, 15) is 0 Å². The standard InChI is InChI=1S/C22H39N5O.HI/c1-17(2)28-14-13-27-11-9-20(10-12-27)25-22(23-4)24-16-19-7-8-21(26(5)6)15-18(19)3;/h7-8,15,17,20H,9-14,16H2,1-6H3,(H2,23,24,25);1H. The zero-order chi connectivity index (χ0) is 20.5. The molecule has 29 heavy (non-hydrogen) atoms. The maximum atomic E-state index is 5.67. The summed E-state index contributed by atoms with van der Waals surface area (Å²) in [6.45, 7) is 11.2. The van der Waals surface area contributed by atoms with Crippen LogP contribution in [0, 0.1) is 6.92 Å². The van der Waals surface area contributed by atoms with Crippen LogP contribution in [0.4, 0.5) is 5.69 Å². The molecule has 1 aromatic rings. The number of guanidine groups is 1. The number of benzene rings is 1. The largest absolute Gasteiger partial charge is 0.378 e. The zero-order valence-electron chi connectivity index (χ0n) is 19.0. The van der Waals surface area contributed by atoms with Crippen LogP contribution in [-0.2, 0) is 11.3 Å². The first-order chi connectivity index (χ1) is 13.4. The average molecular weight is 518 g/mol. The second-order valence-corrected chi connectivity index (χ2v) is 8.11. The number of hydrogen-bond acceptors (Lipinski definition) is 4. The van der Waals surface area contributed by atoms with Gasteiger partial charge in [-0.1, -0.05) is 6.07 Å². The highest BCUT2D eigenvalue weighted by molar-refractivity contribution is 14.0. The van der Waals surface area contributed by atoms with Crippen LogP contribution in [0.2, 0.25) is 0 Å². The molecule has 7 heteroatoms. The van der Waals surface area contributed by atoms with Gasteiger partial charge in [-0.15, -0.1) is 24.0 Å². The summed E-state index contributed by atoms with van der Waals surface area (Å²) in [6.07, 6.45) is 2.59. The van der Waals surface area contributed by atoms with Gasteiger partial charge in [-0.2, -0.15) is 0 Å². The Morgan fingerprint density at radius 1 is 1.28 bits per heavy atom. The van der Waals surface area contributed by atoms with E-state index in [1.54, 1.807) is 0 Å². The lowest BCUT2D eigenvalue weighted by atomic mass is 10.1. The Hall–Kier alpha value is -1.06. The van der Waals surface area contributed by atoms with Gasteiger partial charge in [0.05, 0.1) is 12.7 Å². The van der Waals surface area contributed by atoms with Gasteiger partial charge in [-0.05, 0) is 56.9 Å². The molecule has 0 radical (unpaired) electrons. The van der Waals surface area contributed by atoms with Gasteiger partial charge in [0.15, 0.2) is 5.96 Å². The van der Waals surface area contributed by atoms with Gasteiger partial charge in [-0.25, -0.2) is 0 Å². The van der Waals surface area contributed by atoms with E-state index in [1.807, 2.05) is 7.05 Å². The van der Waals surface area contributed by atoms with Crippen LogP contribution in [0.5, 0.6) is 0 Å². The van der Waals surface area contributed by atoms with Gasteiger partial charge in [0.1, 0.15) is 0 Å². The van der Waals surface area contributed by atoms with Crippen molar-refractivity contribution in [3.8, 4) is 0 Å². The SMILES string of the molecule is CN=C(NCc1ccc(N(C)C)cc1C)NC1CCN(CCOC(C)C)CC1.I. The molecule has 0 amide bonds. The predicted molar refractivity (Wildman–Crippen MR) is 135 cm³/mol. The molecule has 1 saturated heterocycles. The lowest BCUT2D eigenvalue weighted by Gasteiger charge is -2.33. The Labute approximate surface area is 194 Å². The first-order valence-electron chi connectivity index (χ1n) is 10.5. The number of anilines is 1.